The molecule has 0 spiro atoms. The number of nitrogens with one attached hydrogen (secondary N) is 2. The standard InChI is InChI=1S/C51H34N4O2/c1-3-15-31(16-4-1)49-52-50(32-17-5-2-6-18-32)54-51(53-49)40-26-14-30-44-45(40)39-25-12-23-36(47(39)56-44)35-21-11-22-37-38-24-13-29-43(48(38)57-46(35)37)55-41-27-9-7-19-33(41)34-20-8-10-28-42(34)55/h1-30,49,51,53H,(H,52,54). The van der Waals surface area contributed by atoms with Crippen LogP contribution in [0.25, 0.3) is 82.5 Å². The highest BCUT2D eigenvalue weighted by Crippen LogP contribution is 2.44. The number of aliphatic imine (C=N–C) groups is 1. The maximum absolute atomic E-state index is 7.04. The zero-order chi connectivity index (χ0) is 37.5. The third-order valence-corrected chi connectivity index (χ3v) is 11.5. The average Bonchev–Trinajstić information content (AvgIpc) is 3.97. The predicted molar refractivity (Wildman–Crippen MR) is 232 cm³/mol. The fourth-order valence-corrected chi connectivity index (χ4v) is 8.97. The average molecular weight is 735 g/mol. The van der Waals surface area contributed by atoms with Gasteiger partial charge in [-0.1, -0.05) is 158 Å². The number of hydrogen-bond acceptors (Lipinski definition) is 5. The fraction of sp³-hybridized carbons (Fsp3) is 0.0392. The third-order valence-electron chi connectivity index (χ3n) is 11.5. The van der Waals surface area contributed by atoms with Gasteiger partial charge in [-0.2, -0.15) is 0 Å². The molecule has 0 bridgehead atoms. The molecule has 11 aromatic rings. The summed E-state index contributed by atoms with van der Waals surface area (Å²) in [4.78, 5) is 5.14. The molecule has 2 unspecified atom stereocenters. The van der Waals surface area contributed by atoms with Gasteiger partial charge in [-0.15, -0.1) is 0 Å². The molecule has 1 aliphatic heterocycles. The molecule has 1 aliphatic rings. The number of aromatic nitrogens is 1. The summed E-state index contributed by atoms with van der Waals surface area (Å²) in [5, 5.41) is 14.2. The minimum absolute atomic E-state index is 0.241. The van der Waals surface area contributed by atoms with Gasteiger partial charge in [-0.25, -0.2) is 4.99 Å². The van der Waals surface area contributed by atoms with Crippen molar-refractivity contribution in [3.8, 4) is 16.8 Å². The van der Waals surface area contributed by atoms with Crippen LogP contribution in [0.15, 0.2) is 196 Å². The fourth-order valence-electron chi connectivity index (χ4n) is 8.97. The summed E-state index contributed by atoms with van der Waals surface area (Å²) in [6.45, 7) is 0. The van der Waals surface area contributed by atoms with Crippen LogP contribution < -0.4 is 10.6 Å². The number of nitrogens with zero attached hydrogens (tertiary/aromatic N) is 2. The van der Waals surface area contributed by atoms with E-state index in [0.29, 0.717) is 0 Å². The molecular weight excluding hydrogens is 701 g/mol. The van der Waals surface area contributed by atoms with Crippen molar-refractivity contribution in [1.82, 2.24) is 15.2 Å². The zero-order valence-electron chi connectivity index (χ0n) is 30.7. The van der Waals surface area contributed by atoms with Crippen LogP contribution in [0.1, 0.15) is 29.0 Å². The van der Waals surface area contributed by atoms with Gasteiger partial charge in [0.1, 0.15) is 34.9 Å². The van der Waals surface area contributed by atoms with Gasteiger partial charge in [0.25, 0.3) is 0 Å². The van der Waals surface area contributed by atoms with Gasteiger partial charge in [-0.05, 0) is 29.8 Å². The zero-order valence-corrected chi connectivity index (χ0v) is 30.7. The first-order valence-corrected chi connectivity index (χ1v) is 19.4. The molecule has 0 aliphatic carbocycles. The Balaban J connectivity index is 1.03. The van der Waals surface area contributed by atoms with Crippen LogP contribution in [0.3, 0.4) is 0 Å². The molecule has 8 aromatic carbocycles. The number of para-hydroxylation sites is 5. The van der Waals surface area contributed by atoms with Crippen LogP contribution in [0.5, 0.6) is 0 Å². The van der Waals surface area contributed by atoms with E-state index in [1.807, 2.05) is 24.3 Å². The van der Waals surface area contributed by atoms with Crippen molar-refractivity contribution in [1.29, 1.82) is 0 Å². The Hall–Kier alpha value is -7.41. The van der Waals surface area contributed by atoms with Crippen molar-refractivity contribution in [2.75, 3.05) is 0 Å². The Morgan fingerprint density at radius 1 is 0.474 bits per heavy atom. The van der Waals surface area contributed by atoms with Crippen molar-refractivity contribution in [2.24, 2.45) is 4.99 Å². The lowest BCUT2D eigenvalue weighted by Gasteiger charge is -2.32. The lowest BCUT2D eigenvalue weighted by atomic mass is 9.97. The van der Waals surface area contributed by atoms with E-state index in [4.69, 9.17) is 13.8 Å². The molecule has 0 amide bonds. The first-order chi connectivity index (χ1) is 28.3. The van der Waals surface area contributed by atoms with Crippen molar-refractivity contribution in [2.45, 2.75) is 12.3 Å². The normalized spacial score (nSPS) is 15.9. The maximum Gasteiger partial charge on any atom is 0.159 e. The molecule has 6 heteroatoms. The molecule has 6 nitrogen and oxygen atoms in total. The van der Waals surface area contributed by atoms with Crippen molar-refractivity contribution >= 4 is 71.5 Å². The summed E-state index contributed by atoms with van der Waals surface area (Å²) in [5.41, 5.74) is 11.8. The topological polar surface area (TPSA) is 67.6 Å². The lowest BCUT2D eigenvalue weighted by molar-refractivity contribution is 0.411. The molecule has 0 saturated heterocycles. The van der Waals surface area contributed by atoms with Crippen LogP contribution in [-0.2, 0) is 0 Å². The van der Waals surface area contributed by atoms with E-state index in [1.54, 1.807) is 0 Å². The molecule has 0 fully saturated rings. The van der Waals surface area contributed by atoms with E-state index in [9.17, 15) is 0 Å². The summed E-state index contributed by atoms with van der Waals surface area (Å²) in [7, 11) is 0. The smallest absolute Gasteiger partial charge is 0.159 e. The molecule has 57 heavy (non-hydrogen) atoms. The van der Waals surface area contributed by atoms with Gasteiger partial charge < -0.3 is 18.7 Å². The number of amidine groups is 1. The Kier molecular flexibility index (Phi) is 7.03. The van der Waals surface area contributed by atoms with E-state index >= 15 is 0 Å². The van der Waals surface area contributed by atoms with Gasteiger partial charge in [-0.3, -0.25) is 5.32 Å². The van der Waals surface area contributed by atoms with E-state index in [1.165, 1.54) is 10.8 Å². The third kappa shape index (κ3) is 4.91. The quantitative estimate of drug-likeness (QED) is 0.185. The van der Waals surface area contributed by atoms with Gasteiger partial charge in [0, 0.05) is 54.6 Å². The summed E-state index contributed by atoms with van der Waals surface area (Å²) >= 11 is 0. The van der Waals surface area contributed by atoms with E-state index in [-0.39, 0.29) is 12.3 Å². The number of hydrogen-bond donors (Lipinski definition) is 2. The Morgan fingerprint density at radius 2 is 1.05 bits per heavy atom. The second kappa shape index (κ2) is 12.6. The summed E-state index contributed by atoms with van der Waals surface area (Å²) in [5.74, 6) is 0.843. The highest BCUT2D eigenvalue weighted by Gasteiger charge is 2.28. The Morgan fingerprint density at radius 3 is 1.79 bits per heavy atom. The maximum atomic E-state index is 7.04. The van der Waals surface area contributed by atoms with Gasteiger partial charge in [0.15, 0.2) is 5.58 Å². The highest BCUT2D eigenvalue weighted by atomic mass is 16.3. The summed E-state index contributed by atoms with van der Waals surface area (Å²) < 4.78 is 16.2. The minimum atomic E-state index is -0.242. The van der Waals surface area contributed by atoms with Crippen LogP contribution in [0.4, 0.5) is 0 Å². The SMILES string of the molecule is c1ccc(C2=NC(c3ccccc3)NC(c3cccc4oc5c(-c6cccc7c6oc6c(-n8c9ccccc9c9ccccc98)cccc67)cccc5c34)N2)cc1. The lowest BCUT2D eigenvalue weighted by Crippen LogP contribution is -2.45. The first-order valence-electron chi connectivity index (χ1n) is 19.4. The molecule has 12 rings (SSSR count). The van der Waals surface area contributed by atoms with Crippen molar-refractivity contribution < 1.29 is 8.83 Å². The molecule has 0 saturated carbocycles. The molecule has 4 heterocycles. The van der Waals surface area contributed by atoms with Crippen LogP contribution >= 0.6 is 0 Å². The molecule has 0 radical (unpaired) electrons. The van der Waals surface area contributed by atoms with Gasteiger partial charge in [0.2, 0.25) is 0 Å². The second-order valence-electron chi connectivity index (χ2n) is 14.7. The van der Waals surface area contributed by atoms with Gasteiger partial charge in [0.05, 0.1) is 16.7 Å². The van der Waals surface area contributed by atoms with E-state index < -0.39 is 0 Å². The number of furan rings is 2. The largest absolute Gasteiger partial charge is 0.455 e. The first kappa shape index (κ1) is 31.9. The van der Waals surface area contributed by atoms with Crippen molar-refractivity contribution in [3.63, 3.8) is 0 Å². The number of benzene rings is 8. The van der Waals surface area contributed by atoms with Crippen molar-refractivity contribution in [3.05, 3.63) is 199 Å². The molecule has 3 aromatic heterocycles. The Labute approximate surface area is 327 Å². The van der Waals surface area contributed by atoms with Gasteiger partial charge >= 0.3 is 0 Å². The highest BCUT2D eigenvalue weighted by molar-refractivity contribution is 6.17. The van der Waals surface area contributed by atoms with Crippen LogP contribution in [-0.4, -0.2) is 10.4 Å². The van der Waals surface area contributed by atoms with E-state index in [0.717, 1.165) is 94.3 Å². The van der Waals surface area contributed by atoms with E-state index in [2.05, 4.69) is 173 Å². The second-order valence-corrected chi connectivity index (χ2v) is 14.7. The molecule has 2 N–H and O–H groups in total. The number of rotatable bonds is 5. The molecule has 270 valence electrons. The van der Waals surface area contributed by atoms with Crippen LogP contribution in [0.2, 0.25) is 0 Å². The van der Waals surface area contributed by atoms with Crippen LogP contribution in [0, 0.1) is 0 Å². The monoisotopic (exact) mass is 734 g/mol. The predicted octanol–water partition coefficient (Wildman–Crippen LogP) is 12.6. The number of fused-ring (bicyclic) bond motifs is 9. The molecular formula is C51H34N4O2. The summed E-state index contributed by atoms with van der Waals surface area (Å²) in [6, 6.07) is 63.5. The Bertz CT molecular complexity index is 3320. The summed E-state index contributed by atoms with van der Waals surface area (Å²) in [6.07, 6.45) is -0.483. The minimum Gasteiger partial charge on any atom is -0.455 e. The molecule has 2 atom stereocenters.